The number of nitrogens with one attached hydrogen (secondary N) is 1. The average molecular weight is 400 g/mol. The minimum Gasteiger partial charge on any atom is -0.496 e. The van der Waals surface area contributed by atoms with Crippen molar-refractivity contribution in [2.75, 3.05) is 20.2 Å². The number of aromatic nitrogens is 1. The van der Waals surface area contributed by atoms with E-state index in [1.54, 1.807) is 25.3 Å². The van der Waals surface area contributed by atoms with E-state index in [-0.39, 0.29) is 11.9 Å². The molecule has 0 radical (unpaired) electrons. The van der Waals surface area contributed by atoms with Gasteiger partial charge in [-0.3, -0.25) is 0 Å². The molecule has 0 spiro atoms. The summed E-state index contributed by atoms with van der Waals surface area (Å²) in [5, 5.41) is 3.58. The molecule has 1 aliphatic rings. The van der Waals surface area contributed by atoms with Crippen molar-refractivity contribution in [2.45, 2.75) is 25.3 Å². The van der Waals surface area contributed by atoms with Crippen LogP contribution in [-0.4, -0.2) is 36.1 Å². The van der Waals surface area contributed by atoms with Crippen LogP contribution >= 0.6 is 11.6 Å². The summed E-state index contributed by atoms with van der Waals surface area (Å²) >= 11 is 6.06. The lowest BCUT2D eigenvalue weighted by atomic mass is 9.98. The highest BCUT2D eigenvalue weighted by molar-refractivity contribution is 6.30. The first-order valence-corrected chi connectivity index (χ1v) is 9.72. The number of carbonyl (C=O) groups excluding carboxylic acids is 1. The summed E-state index contributed by atoms with van der Waals surface area (Å²) in [6.07, 6.45) is 1.87. The zero-order valence-corrected chi connectivity index (χ0v) is 16.4. The highest BCUT2D eigenvalue weighted by Crippen LogP contribution is 2.29. The molecule has 7 heteroatoms. The Morgan fingerprint density at radius 3 is 3.04 bits per heavy atom. The number of rotatable bonds is 4. The Hall–Kier alpha value is -2.73. The molecule has 1 aliphatic heterocycles. The number of carbonyl (C=O) groups is 1. The number of fused-ring (bicyclic) bond motifs is 1. The number of methoxy groups -OCH3 is 1. The lowest BCUT2D eigenvalue weighted by Gasteiger charge is -2.31. The van der Waals surface area contributed by atoms with Gasteiger partial charge in [0, 0.05) is 30.2 Å². The van der Waals surface area contributed by atoms with Crippen LogP contribution in [0.3, 0.4) is 0 Å². The average Bonchev–Trinajstić information content (AvgIpc) is 3.16. The van der Waals surface area contributed by atoms with E-state index in [1.807, 2.05) is 29.2 Å². The van der Waals surface area contributed by atoms with Gasteiger partial charge in [-0.25, -0.2) is 9.78 Å². The lowest BCUT2D eigenvalue weighted by Crippen LogP contribution is -2.44. The predicted octanol–water partition coefficient (Wildman–Crippen LogP) is 4.58. The van der Waals surface area contributed by atoms with Crippen molar-refractivity contribution >= 4 is 28.7 Å². The van der Waals surface area contributed by atoms with Crippen LogP contribution in [0.4, 0.5) is 4.79 Å². The quantitative estimate of drug-likeness (QED) is 0.697. The molecule has 1 saturated heterocycles. The summed E-state index contributed by atoms with van der Waals surface area (Å²) in [6.45, 7) is 1.66. The van der Waals surface area contributed by atoms with Crippen molar-refractivity contribution < 1.29 is 13.9 Å². The fourth-order valence-corrected chi connectivity index (χ4v) is 3.79. The van der Waals surface area contributed by atoms with Gasteiger partial charge in [0.15, 0.2) is 11.5 Å². The number of hydrogen-bond donors (Lipinski definition) is 1. The maximum absolute atomic E-state index is 12.7. The Balaban J connectivity index is 1.41. The van der Waals surface area contributed by atoms with Crippen LogP contribution < -0.4 is 10.1 Å². The van der Waals surface area contributed by atoms with Gasteiger partial charge in [-0.05, 0) is 43.2 Å². The van der Waals surface area contributed by atoms with Gasteiger partial charge >= 0.3 is 6.03 Å². The molecular formula is C21H22ClN3O3. The fourth-order valence-electron chi connectivity index (χ4n) is 3.60. The number of nitrogens with zero attached hydrogens (tertiary/aromatic N) is 2. The van der Waals surface area contributed by atoms with Crippen molar-refractivity contribution in [1.82, 2.24) is 15.2 Å². The molecule has 28 heavy (non-hydrogen) atoms. The molecule has 1 fully saturated rings. The van der Waals surface area contributed by atoms with Crippen LogP contribution in [0.1, 0.15) is 30.2 Å². The standard InChI is InChI=1S/C21H22ClN3O3/c1-27-18-9-8-16(22)11-15(18)12-23-21(26)25-10-4-5-14(13-25)20-24-17-6-2-3-7-19(17)28-20/h2-3,6-9,11,14H,4-5,10,12-13H2,1H3,(H,23,26). The van der Waals surface area contributed by atoms with Crippen molar-refractivity contribution in [3.63, 3.8) is 0 Å². The van der Waals surface area contributed by atoms with Gasteiger partial charge in [-0.1, -0.05) is 23.7 Å². The number of halogens is 1. The predicted molar refractivity (Wildman–Crippen MR) is 108 cm³/mol. The van der Waals surface area contributed by atoms with E-state index in [0.717, 1.165) is 36.0 Å². The van der Waals surface area contributed by atoms with E-state index in [1.165, 1.54) is 0 Å². The molecule has 146 valence electrons. The van der Waals surface area contributed by atoms with Gasteiger partial charge in [0.1, 0.15) is 11.3 Å². The molecule has 2 heterocycles. The SMILES string of the molecule is COc1ccc(Cl)cc1CNC(=O)N1CCCC(c2nc3ccccc3o2)C1. The first kappa shape index (κ1) is 18.6. The van der Waals surface area contributed by atoms with Crippen molar-refractivity contribution in [3.05, 3.63) is 58.9 Å². The molecule has 2 aromatic carbocycles. The third-order valence-electron chi connectivity index (χ3n) is 5.04. The number of urea groups is 1. The number of likely N-dealkylation sites (tertiary alicyclic amines) is 1. The second-order valence-corrected chi connectivity index (χ2v) is 7.36. The van der Waals surface area contributed by atoms with Gasteiger partial charge in [-0.15, -0.1) is 0 Å². The molecule has 3 aromatic rings. The summed E-state index contributed by atoms with van der Waals surface area (Å²) in [5.41, 5.74) is 2.48. The molecule has 1 N–H and O–H groups in total. The van der Waals surface area contributed by atoms with E-state index < -0.39 is 0 Å². The Morgan fingerprint density at radius 2 is 2.21 bits per heavy atom. The van der Waals surface area contributed by atoms with E-state index in [2.05, 4.69) is 10.3 Å². The number of para-hydroxylation sites is 2. The largest absolute Gasteiger partial charge is 0.496 e. The Kier molecular flexibility index (Phi) is 5.39. The van der Waals surface area contributed by atoms with Crippen LogP contribution in [0.2, 0.25) is 5.02 Å². The number of hydrogen-bond acceptors (Lipinski definition) is 4. The molecule has 1 aromatic heterocycles. The summed E-state index contributed by atoms with van der Waals surface area (Å²) < 4.78 is 11.2. The molecule has 2 amide bonds. The Labute approximate surface area is 168 Å². The molecule has 0 bridgehead atoms. The van der Waals surface area contributed by atoms with Gasteiger partial charge in [-0.2, -0.15) is 0 Å². The van der Waals surface area contributed by atoms with Crippen molar-refractivity contribution in [3.8, 4) is 5.75 Å². The highest BCUT2D eigenvalue weighted by atomic mass is 35.5. The van der Waals surface area contributed by atoms with Crippen LogP contribution in [0.25, 0.3) is 11.1 Å². The zero-order chi connectivity index (χ0) is 19.5. The summed E-state index contributed by atoms with van der Waals surface area (Å²) in [7, 11) is 1.60. The summed E-state index contributed by atoms with van der Waals surface area (Å²) in [6, 6.07) is 13.0. The minimum absolute atomic E-state index is 0.104. The number of benzene rings is 2. The third-order valence-corrected chi connectivity index (χ3v) is 5.28. The smallest absolute Gasteiger partial charge is 0.317 e. The van der Waals surface area contributed by atoms with E-state index in [9.17, 15) is 4.79 Å². The minimum atomic E-state index is -0.108. The van der Waals surface area contributed by atoms with E-state index in [4.69, 9.17) is 20.8 Å². The molecular weight excluding hydrogens is 378 g/mol. The summed E-state index contributed by atoms with van der Waals surface area (Å²) in [5.74, 6) is 1.51. The number of ether oxygens (including phenoxy) is 1. The zero-order valence-electron chi connectivity index (χ0n) is 15.7. The summed E-state index contributed by atoms with van der Waals surface area (Å²) in [4.78, 5) is 19.1. The third kappa shape index (κ3) is 3.92. The topological polar surface area (TPSA) is 67.6 Å². The Morgan fingerprint density at radius 1 is 1.36 bits per heavy atom. The fraction of sp³-hybridized carbons (Fsp3) is 0.333. The second kappa shape index (κ2) is 8.10. The molecule has 0 saturated carbocycles. The molecule has 0 aliphatic carbocycles. The number of amides is 2. The van der Waals surface area contributed by atoms with Gasteiger partial charge in [0.25, 0.3) is 0 Å². The lowest BCUT2D eigenvalue weighted by molar-refractivity contribution is 0.174. The molecule has 1 unspecified atom stereocenters. The van der Waals surface area contributed by atoms with Crippen molar-refractivity contribution in [1.29, 1.82) is 0 Å². The van der Waals surface area contributed by atoms with E-state index in [0.29, 0.717) is 29.8 Å². The Bertz CT molecular complexity index is 955. The van der Waals surface area contributed by atoms with Gasteiger partial charge < -0.3 is 19.4 Å². The second-order valence-electron chi connectivity index (χ2n) is 6.92. The van der Waals surface area contributed by atoms with E-state index >= 15 is 0 Å². The first-order chi connectivity index (χ1) is 13.6. The van der Waals surface area contributed by atoms with Gasteiger partial charge in [0.05, 0.1) is 13.0 Å². The maximum atomic E-state index is 12.7. The van der Waals surface area contributed by atoms with Crippen LogP contribution in [0.5, 0.6) is 5.75 Å². The number of piperidine rings is 1. The highest BCUT2D eigenvalue weighted by Gasteiger charge is 2.28. The maximum Gasteiger partial charge on any atom is 0.317 e. The van der Waals surface area contributed by atoms with Crippen molar-refractivity contribution in [2.24, 2.45) is 0 Å². The monoisotopic (exact) mass is 399 g/mol. The normalized spacial score (nSPS) is 16.9. The molecule has 4 rings (SSSR count). The molecule has 1 atom stereocenters. The van der Waals surface area contributed by atoms with Crippen LogP contribution in [-0.2, 0) is 6.54 Å². The molecule has 6 nitrogen and oxygen atoms in total. The number of oxazole rings is 1. The van der Waals surface area contributed by atoms with Crippen LogP contribution in [0, 0.1) is 0 Å². The van der Waals surface area contributed by atoms with Gasteiger partial charge in [0.2, 0.25) is 0 Å². The van der Waals surface area contributed by atoms with Crippen LogP contribution in [0.15, 0.2) is 46.9 Å². The first-order valence-electron chi connectivity index (χ1n) is 9.34.